The van der Waals surface area contributed by atoms with E-state index in [2.05, 4.69) is 5.32 Å². The molecule has 0 saturated carbocycles. The predicted octanol–water partition coefficient (Wildman–Crippen LogP) is 0.536. The van der Waals surface area contributed by atoms with Crippen molar-refractivity contribution >= 4 is 27.6 Å². The molecule has 1 aromatic carbocycles. The highest BCUT2D eigenvalue weighted by molar-refractivity contribution is 7.89. The van der Waals surface area contributed by atoms with Gasteiger partial charge in [-0.15, -0.1) is 0 Å². The Hall–Kier alpha value is -2.13. The second-order valence-electron chi connectivity index (χ2n) is 4.20. The van der Waals surface area contributed by atoms with Crippen molar-refractivity contribution < 1.29 is 27.9 Å². The molecule has 4 N–H and O–H groups in total. The summed E-state index contributed by atoms with van der Waals surface area (Å²) in [5.41, 5.74) is 0.157. The zero-order valence-electron chi connectivity index (χ0n) is 11.3. The van der Waals surface area contributed by atoms with Crippen molar-refractivity contribution in [1.82, 2.24) is 0 Å². The minimum absolute atomic E-state index is 0.00490. The van der Waals surface area contributed by atoms with Crippen molar-refractivity contribution in [2.75, 3.05) is 12.4 Å². The molecule has 0 aliphatic heterocycles. The number of amides is 1. The molecular formula is C12H16N2O6S. The van der Waals surface area contributed by atoms with E-state index in [1.54, 1.807) is 0 Å². The number of sulfonamides is 1. The standard InChI is InChI=1S/C12H16N2O6S/c1-20-10-6-5-8(21(13,18)19)7-9(10)14-11(15)3-2-4-12(16)17/h5-7H,2-4H2,1H3,(H,14,15)(H,16,17)(H2,13,18,19). The second kappa shape index (κ2) is 7.04. The van der Waals surface area contributed by atoms with Crippen molar-refractivity contribution in [3.05, 3.63) is 18.2 Å². The van der Waals surface area contributed by atoms with Crippen molar-refractivity contribution in [2.45, 2.75) is 24.2 Å². The molecule has 0 spiro atoms. The van der Waals surface area contributed by atoms with Gasteiger partial charge in [-0.25, -0.2) is 13.6 Å². The van der Waals surface area contributed by atoms with E-state index < -0.39 is 21.9 Å². The number of hydrogen-bond acceptors (Lipinski definition) is 5. The molecule has 0 saturated heterocycles. The van der Waals surface area contributed by atoms with E-state index in [1.807, 2.05) is 0 Å². The highest BCUT2D eigenvalue weighted by atomic mass is 32.2. The van der Waals surface area contributed by atoms with Gasteiger partial charge in [0, 0.05) is 12.8 Å². The van der Waals surface area contributed by atoms with Gasteiger partial charge in [0.1, 0.15) is 5.75 Å². The highest BCUT2D eigenvalue weighted by Crippen LogP contribution is 2.27. The van der Waals surface area contributed by atoms with Gasteiger partial charge < -0.3 is 15.2 Å². The third-order valence-electron chi connectivity index (χ3n) is 2.57. The largest absolute Gasteiger partial charge is 0.495 e. The molecule has 1 aromatic rings. The van der Waals surface area contributed by atoms with Crippen LogP contribution in [0, 0.1) is 0 Å². The molecule has 0 bridgehead atoms. The average molecular weight is 316 g/mol. The van der Waals surface area contributed by atoms with Crippen LogP contribution in [0.2, 0.25) is 0 Å². The maximum Gasteiger partial charge on any atom is 0.303 e. The van der Waals surface area contributed by atoms with E-state index in [0.29, 0.717) is 0 Å². The van der Waals surface area contributed by atoms with E-state index in [0.717, 1.165) is 0 Å². The molecule has 9 heteroatoms. The SMILES string of the molecule is COc1ccc(S(N)(=O)=O)cc1NC(=O)CCCC(=O)O. The zero-order chi connectivity index (χ0) is 16.0. The first-order valence-corrected chi connectivity index (χ1v) is 7.51. The Morgan fingerprint density at radius 3 is 2.52 bits per heavy atom. The molecule has 0 radical (unpaired) electrons. The van der Waals surface area contributed by atoms with Crippen molar-refractivity contribution in [3.63, 3.8) is 0 Å². The van der Waals surface area contributed by atoms with Crippen LogP contribution in [-0.4, -0.2) is 32.5 Å². The molecule has 1 amide bonds. The summed E-state index contributed by atoms with van der Waals surface area (Å²) in [4.78, 5) is 21.9. The fourth-order valence-electron chi connectivity index (χ4n) is 1.57. The fraction of sp³-hybridized carbons (Fsp3) is 0.333. The Labute approximate surface area is 122 Å². The summed E-state index contributed by atoms with van der Waals surface area (Å²) in [6.45, 7) is 0. The van der Waals surface area contributed by atoms with Gasteiger partial charge in [0.2, 0.25) is 15.9 Å². The van der Waals surface area contributed by atoms with Crippen LogP contribution in [0.3, 0.4) is 0 Å². The van der Waals surface area contributed by atoms with E-state index >= 15 is 0 Å². The number of methoxy groups -OCH3 is 1. The van der Waals surface area contributed by atoms with Crippen molar-refractivity contribution in [3.8, 4) is 5.75 Å². The number of hydrogen-bond donors (Lipinski definition) is 3. The molecule has 21 heavy (non-hydrogen) atoms. The number of aliphatic carboxylic acids is 1. The number of rotatable bonds is 7. The van der Waals surface area contributed by atoms with E-state index in [9.17, 15) is 18.0 Å². The average Bonchev–Trinajstić information content (AvgIpc) is 2.37. The molecule has 0 atom stereocenters. The van der Waals surface area contributed by atoms with Gasteiger partial charge in [-0.1, -0.05) is 0 Å². The fourth-order valence-corrected chi connectivity index (χ4v) is 2.11. The molecule has 0 heterocycles. The lowest BCUT2D eigenvalue weighted by molar-refractivity contribution is -0.137. The minimum atomic E-state index is -3.90. The van der Waals surface area contributed by atoms with Crippen LogP contribution in [0.25, 0.3) is 0 Å². The maximum absolute atomic E-state index is 11.7. The Morgan fingerprint density at radius 2 is 2.00 bits per heavy atom. The number of anilines is 1. The number of carbonyl (C=O) groups excluding carboxylic acids is 1. The zero-order valence-corrected chi connectivity index (χ0v) is 12.1. The number of carboxylic acid groups (broad SMARTS) is 1. The van der Waals surface area contributed by atoms with Gasteiger partial charge in [-0.05, 0) is 24.6 Å². The Balaban J connectivity index is 2.85. The summed E-state index contributed by atoms with van der Waals surface area (Å²) >= 11 is 0. The molecule has 8 nitrogen and oxygen atoms in total. The number of carboxylic acids is 1. The minimum Gasteiger partial charge on any atom is -0.495 e. The van der Waals surface area contributed by atoms with Crippen LogP contribution in [0.5, 0.6) is 5.75 Å². The second-order valence-corrected chi connectivity index (χ2v) is 5.76. The molecule has 0 aliphatic carbocycles. The summed E-state index contributed by atoms with van der Waals surface area (Å²) in [5, 5.41) is 16.0. The molecule has 0 aliphatic rings. The normalized spacial score (nSPS) is 11.0. The Bertz CT molecular complexity index is 641. The van der Waals surface area contributed by atoms with Crippen LogP contribution >= 0.6 is 0 Å². The summed E-state index contributed by atoms with van der Waals surface area (Å²) in [5.74, 6) is -1.16. The number of benzene rings is 1. The van der Waals surface area contributed by atoms with Crippen molar-refractivity contribution in [1.29, 1.82) is 0 Å². The van der Waals surface area contributed by atoms with Gasteiger partial charge in [0.05, 0.1) is 17.7 Å². The van der Waals surface area contributed by atoms with E-state index in [1.165, 1.54) is 25.3 Å². The molecule has 116 valence electrons. The Kier molecular flexibility index (Phi) is 5.68. The number of ether oxygens (including phenoxy) is 1. The van der Waals surface area contributed by atoms with Gasteiger partial charge >= 0.3 is 5.97 Å². The predicted molar refractivity (Wildman–Crippen MR) is 74.5 cm³/mol. The summed E-state index contributed by atoms with van der Waals surface area (Å²) in [7, 11) is -2.53. The van der Waals surface area contributed by atoms with Gasteiger partial charge in [0.25, 0.3) is 0 Å². The third kappa shape index (κ3) is 5.40. The van der Waals surface area contributed by atoms with Gasteiger partial charge in [-0.3, -0.25) is 9.59 Å². The molecule has 0 aromatic heterocycles. The molecule has 0 fully saturated rings. The van der Waals surface area contributed by atoms with Crippen LogP contribution in [0.1, 0.15) is 19.3 Å². The summed E-state index contributed by atoms with van der Waals surface area (Å²) < 4.78 is 27.6. The van der Waals surface area contributed by atoms with Gasteiger partial charge in [-0.2, -0.15) is 0 Å². The quantitative estimate of drug-likeness (QED) is 0.671. The summed E-state index contributed by atoms with van der Waals surface area (Å²) in [6.07, 6.45) is 0.0508. The topological polar surface area (TPSA) is 136 Å². The lowest BCUT2D eigenvalue weighted by atomic mass is 10.2. The monoisotopic (exact) mass is 316 g/mol. The highest BCUT2D eigenvalue weighted by Gasteiger charge is 2.14. The third-order valence-corrected chi connectivity index (χ3v) is 3.48. The lowest BCUT2D eigenvalue weighted by Gasteiger charge is -2.11. The van der Waals surface area contributed by atoms with Crippen LogP contribution < -0.4 is 15.2 Å². The van der Waals surface area contributed by atoms with Gasteiger partial charge in [0.15, 0.2) is 0 Å². The number of nitrogens with one attached hydrogen (secondary N) is 1. The molecular weight excluding hydrogens is 300 g/mol. The Morgan fingerprint density at radius 1 is 1.33 bits per heavy atom. The van der Waals surface area contributed by atoms with E-state index in [-0.39, 0.29) is 35.6 Å². The maximum atomic E-state index is 11.7. The van der Waals surface area contributed by atoms with Crippen LogP contribution in [-0.2, 0) is 19.6 Å². The first kappa shape index (κ1) is 16.9. The smallest absolute Gasteiger partial charge is 0.303 e. The molecule has 0 unspecified atom stereocenters. The number of carbonyl (C=O) groups is 2. The van der Waals surface area contributed by atoms with E-state index in [4.69, 9.17) is 15.0 Å². The van der Waals surface area contributed by atoms with Crippen LogP contribution in [0.15, 0.2) is 23.1 Å². The first-order chi connectivity index (χ1) is 9.74. The lowest BCUT2D eigenvalue weighted by Crippen LogP contribution is -2.15. The summed E-state index contributed by atoms with van der Waals surface area (Å²) in [6, 6.07) is 3.81. The number of primary sulfonamides is 1. The van der Waals surface area contributed by atoms with Crippen molar-refractivity contribution in [2.24, 2.45) is 5.14 Å². The number of nitrogens with two attached hydrogens (primary N) is 1. The first-order valence-electron chi connectivity index (χ1n) is 5.96. The van der Waals surface area contributed by atoms with Crippen LogP contribution in [0.4, 0.5) is 5.69 Å². The molecule has 1 rings (SSSR count).